The molecule has 0 aliphatic carbocycles. The Bertz CT molecular complexity index is 1200. The third kappa shape index (κ3) is 4.06. The minimum atomic E-state index is -1.12. The number of ketones is 1. The molecule has 2 aromatic carbocycles. The van der Waals surface area contributed by atoms with Crippen LogP contribution in [-0.4, -0.2) is 54.1 Å². The molecule has 9 nitrogen and oxygen atoms in total. The zero-order valence-electron chi connectivity index (χ0n) is 17.8. The second-order valence-electron chi connectivity index (χ2n) is 7.64. The summed E-state index contributed by atoms with van der Waals surface area (Å²) in [5, 5.41) is 12.2. The number of anilines is 1. The molecule has 1 aromatic heterocycles. The number of esters is 1. The van der Waals surface area contributed by atoms with E-state index in [2.05, 4.69) is 4.98 Å². The summed E-state index contributed by atoms with van der Waals surface area (Å²) in [5.41, 5.74) is 2.03. The van der Waals surface area contributed by atoms with Crippen LogP contribution in [0.25, 0.3) is 10.9 Å². The number of fused-ring (bicyclic) bond motifs is 1. The second kappa shape index (κ2) is 8.80. The van der Waals surface area contributed by atoms with Gasteiger partial charge in [-0.1, -0.05) is 18.2 Å². The van der Waals surface area contributed by atoms with E-state index in [1.54, 1.807) is 13.0 Å². The Balaban J connectivity index is 1.60. The van der Waals surface area contributed by atoms with Gasteiger partial charge in [0.2, 0.25) is 5.78 Å². The number of para-hydroxylation sites is 1. The fourth-order valence-corrected chi connectivity index (χ4v) is 3.94. The molecule has 0 bridgehead atoms. The SMILES string of the molecule is Cc1[nH]c2ccccc2c1C(=O)[C@H](C)OC(=O)c1cc(N2CCOCC2)ccc1[N+](=O)[O-]. The van der Waals surface area contributed by atoms with Crippen LogP contribution in [-0.2, 0) is 9.47 Å². The predicted molar refractivity (Wildman–Crippen MR) is 118 cm³/mol. The highest BCUT2D eigenvalue weighted by atomic mass is 16.6. The molecule has 3 aromatic rings. The molecule has 0 saturated carbocycles. The number of hydrogen-bond acceptors (Lipinski definition) is 7. The molecule has 1 aliphatic rings. The molecular formula is C23H23N3O6. The van der Waals surface area contributed by atoms with Crippen LogP contribution in [0.4, 0.5) is 11.4 Å². The third-order valence-corrected chi connectivity index (χ3v) is 5.57. The van der Waals surface area contributed by atoms with Crippen LogP contribution in [0, 0.1) is 17.0 Å². The van der Waals surface area contributed by atoms with Gasteiger partial charge in [0.15, 0.2) is 6.10 Å². The standard InChI is InChI=1S/C23H23N3O6/c1-14-21(17-5-3-4-6-19(17)24-14)22(27)15(2)32-23(28)18-13-16(7-8-20(18)26(29)30)25-9-11-31-12-10-25/h3-8,13,15,24H,9-12H2,1-2H3/t15-/m0/s1. The average Bonchev–Trinajstić information content (AvgIpc) is 3.14. The van der Waals surface area contributed by atoms with Crippen molar-refractivity contribution in [3.05, 3.63) is 69.4 Å². The minimum Gasteiger partial charge on any atom is -0.450 e. The zero-order valence-corrected chi connectivity index (χ0v) is 17.8. The van der Waals surface area contributed by atoms with Crippen molar-refractivity contribution in [2.45, 2.75) is 20.0 Å². The number of H-pyrrole nitrogens is 1. The van der Waals surface area contributed by atoms with Gasteiger partial charge in [0.05, 0.1) is 18.1 Å². The summed E-state index contributed by atoms with van der Waals surface area (Å²) in [6.07, 6.45) is -1.12. The van der Waals surface area contributed by atoms with Crippen LogP contribution in [0.1, 0.15) is 33.3 Å². The van der Waals surface area contributed by atoms with Crippen LogP contribution in [0.5, 0.6) is 0 Å². The van der Waals surface area contributed by atoms with Gasteiger partial charge in [-0.2, -0.15) is 0 Å². The number of aromatic amines is 1. The van der Waals surface area contributed by atoms with E-state index in [1.807, 2.05) is 29.2 Å². The summed E-state index contributed by atoms with van der Waals surface area (Å²) in [5.74, 6) is -1.29. The first-order valence-corrected chi connectivity index (χ1v) is 10.3. The molecule has 1 N–H and O–H groups in total. The number of nitro groups is 1. The van der Waals surface area contributed by atoms with Crippen LogP contribution < -0.4 is 4.90 Å². The number of carbonyl (C=O) groups is 2. The first-order chi connectivity index (χ1) is 15.4. The lowest BCUT2D eigenvalue weighted by Crippen LogP contribution is -2.36. The van der Waals surface area contributed by atoms with E-state index in [0.29, 0.717) is 43.2 Å². The summed E-state index contributed by atoms with van der Waals surface area (Å²) in [6.45, 7) is 5.54. The van der Waals surface area contributed by atoms with Crippen LogP contribution in [0.3, 0.4) is 0 Å². The lowest BCUT2D eigenvalue weighted by Gasteiger charge is -2.29. The van der Waals surface area contributed by atoms with Crippen molar-refractivity contribution in [1.82, 2.24) is 4.98 Å². The molecular weight excluding hydrogens is 414 g/mol. The average molecular weight is 437 g/mol. The molecule has 0 spiro atoms. The smallest absolute Gasteiger partial charge is 0.345 e. The van der Waals surface area contributed by atoms with Gasteiger partial charge in [0.1, 0.15) is 5.56 Å². The number of carbonyl (C=O) groups excluding carboxylic acids is 2. The van der Waals surface area contributed by atoms with E-state index in [-0.39, 0.29) is 17.0 Å². The van der Waals surface area contributed by atoms with Crippen molar-refractivity contribution in [3.8, 4) is 0 Å². The Morgan fingerprint density at radius 2 is 1.91 bits per heavy atom. The van der Waals surface area contributed by atoms with E-state index in [9.17, 15) is 19.7 Å². The number of morpholine rings is 1. The lowest BCUT2D eigenvalue weighted by molar-refractivity contribution is -0.385. The molecule has 166 valence electrons. The molecule has 32 heavy (non-hydrogen) atoms. The molecule has 4 rings (SSSR count). The largest absolute Gasteiger partial charge is 0.450 e. The minimum absolute atomic E-state index is 0.186. The highest BCUT2D eigenvalue weighted by molar-refractivity contribution is 6.12. The topological polar surface area (TPSA) is 115 Å². The van der Waals surface area contributed by atoms with E-state index in [1.165, 1.54) is 19.1 Å². The Morgan fingerprint density at radius 1 is 1.19 bits per heavy atom. The maximum absolute atomic E-state index is 13.1. The van der Waals surface area contributed by atoms with E-state index >= 15 is 0 Å². The maximum Gasteiger partial charge on any atom is 0.345 e. The van der Waals surface area contributed by atoms with Crippen molar-refractivity contribution in [1.29, 1.82) is 0 Å². The van der Waals surface area contributed by atoms with Crippen molar-refractivity contribution in [2.24, 2.45) is 0 Å². The molecule has 1 saturated heterocycles. The molecule has 1 aliphatic heterocycles. The summed E-state index contributed by atoms with van der Waals surface area (Å²) >= 11 is 0. The van der Waals surface area contributed by atoms with Gasteiger partial charge >= 0.3 is 5.97 Å². The monoisotopic (exact) mass is 437 g/mol. The molecule has 1 fully saturated rings. The molecule has 9 heteroatoms. The summed E-state index contributed by atoms with van der Waals surface area (Å²) in [4.78, 5) is 42.0. The normalized spacial score (nSPS) is 14.9. The fourth-order valence-electron chi connectivity index (χ4n) is 3.94. The maximum atomic E-state index is 13.1. The van der Waals surface area contributed by atoms with Gasteiger partial charge < -0.3 is 19.4 Å². The fraction of sp³-hybridized carbons (Fsp3) is 0.304. The number of hydrogen-bond donors (Lipinski definition) is 1. The van der Waals surface area contributed by atoms with Crippen molar-refractivity contribution in [2.75, 3.05) is 31.2 Å². The van der Waals surface area contributed by atoms with E-state index in [4.69, 9.17) is 9.47 Å². The number of nitrogens with one attached hydrogen (secondary N) is 1. The molecule has 2 heterocycles. The summed E-state index contributed by atoms with van der Waals surface area (Å²) in [6, 6.07) is 11.7. The number of nitrogens with zero attached hydrogens (tertiary/aromatic N) is 2. The number of ether oxygens (including phenoxy) is 2. The zero-order chi connectivity index (χ0) is 22.8. The van der Waals surface area contributed by atoms with Crippen LogP contribution in [0.15, 0.2) is 42.5 Å². The van der Waals surface area contributed by atoms with Crippen molar-refractivity contribution < 1.29 is 24.0 Å². The molecule has 0 unspecified atom stereocenters. The highest BCUT2D eigenvalue weighted by Crippen LogP contribution is 2.28. The van der Waals surface area contributed by atoms with Gasteiger partial charge in [-0.15, -0.1) is 0 Å². The first-order valence-electron chi connectivity index (χ1n) is 10.3. The van der Waals surface area contributed by atoms with Crippen molar-refractivity contribution in [3.63, 3.8) is 0 Å². The number of benzene rings is 2. The Morgan fingerprint density at radius 3 is 2.62 bits per heavy atom. The summed E-state index contributed by atoms with van der Waals surface area (Å²) in [7, 11) is 0. The number of rotatable bonds is 6. The Kier molecular flexibility index (Phi) is 5.91. The third-order valence-electron chi connectivity index (χ3n) is 5.57. The lowest BCUT2D eigenvalue weighted by atomic mass is 10.0. The highest BCUT2D eigenvalue weighted by Gasteiger charge is 2.29. The van der Waals surface area contributed by atoms with Gasteiger partial charge in [-0.05, 0) is 32.0 Å². The first kappa shape index (κ1) is 21.5. The summed E-state index contributed by atoms with van der Waals surface area (Å²) < 4.78 is 10.7. The van der Waals surface area contributed by atoms with Gasteiger partial charge in [-0.3, -0.25) is 14.9 Å². The predicted octanol–water partition coefficient (Wildman–Crippen LogP) is 3.65. The number of nitro benzene ring substituents is 1. The van der Waals surface area contributed by atoms with Gasteiger partial charge in [0.25, 0.3) is 5.69 Å². The van der Waals surface area contributed by atoms with E-state index < -0.39 is 17.0 Å². The second-order valence-corrected chi connectivity index (χ2v) is 7.64. The van der Waals surface area contributed by atoms with Crippen LogP contribution >= 0.6 is 0 Å². The number of aromatic nitrogens is 1. The Labute approximate surface area is 184 Å². The molecule has 1 atom stereocenters. The number of Topliss-reactive ketones (excluding diaryl/α,β-unsaturated/α-hetero) is 1. The Hall–Kier alpha value is -3.72. The molecule has 0 amide bonds. The van der Waals surface area contributed by atoms with Gasteiger partial charge in [0, 0.05) is 47.0 Å². The van der Waals surface area contributed by atoms with Gasteiger partial charge in [-0.25, -0.2) is 4.79 Å². The van der Waals surface area contributed by atoms with Crippen molar-refractivity contribution >= 4 is 34.0 Å². The van der Waals surface area contributed by atoms with E-state index in [0.717, 1.165) is 10.9 Å². The van der Waals surface area contributed by atoms with Crippen LogP contribution in [0.2, 0.25) is 0 Å². The quantitative estimate of drug-likeness (QED) is 0.271. The number of aryl methyl sites for hydroxylation is 1. The molecule has 0 radical (unpaired) electrons.